The third kappa shape index (κ3) is 1.53. The van der Waals surface area contributed by atoms with Crippen molar-refractivity contribution in [2.45, 2.75) is 26.2 Å². The lowest BCUT2D eigenvalue weighted by atomic mass is 10.1. The van der Waals surface area contributed by atoms with Crippen LogP contribution in [0, 0.1) is 0 Å². The summed E-state index contributed by atoms with van der Waals surface area (Å²) < 4.78 is 0. The number of halogens is 1. The minimum Gasteiger partial charge on any atom is -0.147 e. The predicted octanol–water partition coefficient (Wildman–Crippen LogP) is 3.92. The van der Waals surface area contributed by atoms with Crippen LogP contribution in [0.4, 0.5) is 0 Å². The lowest BCUT2D eigenvalue weighted by molar-refractivity contribution is 0.748. The molecule has 10 heavy (non-hydrogen) atoms. The van der Waals surface area contributed by atoms with Crippen LogP contribution < -0.4 is 0 Å². The molecule has 0 aliphatic heterocycles. The summed E-state index contributed by atoms with van der Waals surface area (Å²) in [7, 11) is 0. The van der Waals surface area contributed by atoms with Gasteiger partial charge in [-0.1, -0.05) is 25.4 Å². The van der Waals surface area contributed by atoms with Crippen molar-refractivity contribution in [1.29, 1.82) is 0 Å². The number of thiophene rings is 1. The highest BCUT2D eigenvalue weighted by molar-refractivity contribution is 7.10. The van der Waals surface area contributed by atoms with Gasteiger partial charge in [0.05, 0.1) is 5.02 Å². The van der Waals surface area contributed by atoms with E-state index in [2.05, 4.69) is 13.8 Å². The normalized spacial score (nSPS) is 13.5. The Balaban J connectivity index is 2.82. The second kappa shape index (κ2) is 3.40. The second-order valence-corrected chi connectivity index (χ2v) is 3.80. The monoisotopic (exact) mass is 174 g/mol. The molecule has 0 bridgehead atoms. The third-order valence-corrected chi connectivity index (χ3v) is 3.29. The first-order valence-corrected chi connectivity index (χ1v) is 4.74. The van der Waals surface area contributed by atoms with E-state index in [0.717, 1.165) is 5.02 Å². The van der Waals surface area contributed by atoms with Gasteiger partial charge in [-0.2, -0.15) is 0 Å². The zero-order valence-corrected chi connectivity index (χ0v) is 7.80. The van der Waals surface area contributed by atoms with Crippen molar-refractivity contribution in [3.63, 3.8) is 0 Å². The van der Waals surface area contributed by atoms with Gasteiger partial charge in [0.2, 0.25) is 0 Å². The molecule has 0 aliphatic rings. The molecule has 0 saturated heterocycles. The Morgan fingerprint density at radius 2 is 2.40 bits per heavy atom. The van der Waals surface area contributed by atoms with Crippen molar-refractivity contribution in [2.24, 2.45) is 0 Å². The van der Waals surface area contributed by atoms with Crippen molar-refractivity contribution in [1.82, 2.24) is 0 Å². The van der Waals surface area contributed by atoms with Crippen LogP contribution in [0.25, 0.3) is 0 Å². The van der Waals surface area contributed by atoms with Crippen LogP contribution in [-0.4, -0.2) is 0 Å². The van der Waals surface area contributed by atoms with Crippen molar-refractivity contribution in [3.05, 3.63) is 21.3 Å². The van der Waals surface area contributed by atoms with Gasteiger partial charge >= 0.3 is 0 Å². The summed E-state index contributed by atoms with van der Waals surface area (Å²) in [6, 6.07) is 1.97. The van der Waals surface area contributed by atoms with Crippen molar-refractivity contribution in [2.75, 3.05) is 0 Å². The fourth-order valence-electron chi connectivity index (χ4n) is 0.842. The van der Waals surface area contributed by atoms with E-state index in [4.69, 9.17) is 11.6 Å². The Hall–Kier alpha value is -0.0100. The van der Waals surface area contributed by atoms with Crippen LogP contribution in [0.2, 0.25) is 5.02 Å². The molecule has 1 atom stereocenters. The van der Waals surface area contributed by atoms with E-state index < -0.39 is 0 Å². The summed E-state index contributed by atoms with van der Waals surface area (Å²) in [5.41, 5.74) is 0. The fraction of sp³-hybridized carbons (Fsp3) is 0.500. The topological polar surface area (TPSA) is 0 Å². The van der Waals surface area contributed by atoms with E-state index >= 15 is 0 Å². The third-order valence-electron chi connectivity index (χ3n) is 1.70. The largest absolute Gasteiger partial charge is 0.147 e. The molecule has 0 radical (unpaired) electrons. The van der Waals surface area contributed by atoms with Gasteiger partial charge in [0.1, 0.15) is 0 Å². The average molecular weight is 175 g/mol. The summed E-state index contributed by atoms with van der Waals surface area (Å²) in [5.74, 6) is 0.618. The molecule has 1 aromatic rings. The molecule has 0 aliphatic carbocycles. The molecule has 0 nitrogen and oxygen atoms in total. The summed E-state index contributed by atoms with van der Waals surface area (Å²) >= 11 is 7.67. The van der Waals surface area contributed by atoms with Crippen LogP contribution in [-0.2, 0) is 0 Å². The Kier molecular flexibility index (Phi) is 2.75. The minimum atomic E-state index is 0.618. The van der Waals surface area contributed by atoms with E-state index in [1.807, 2.05) is 11.4 Å². The molecule has 0 aromatic carbocycles. The van der Waals surface area contributed by atoms with Gasteiger partial charge < -0.3 is 0 Å². The first-order valence-electron chi connectivity index (χ1n) is 3.48. The quantitative estimate of drug-likeness (QED) is 0.638. The van der Waals surface area contributed by atoms with Gasteiger partial charge in [0.15, 0.2) is 0 Å². The van der Waals surface area contributed by atoms with Crippen molar-refractivity contribution < 1.29 is 0 Å². The second-order valence-electron chi connectivity index (χ2n) is 2.44. The maximum Gasteiger partial charge on any atom is 0.0547 e. The number of hydrogen-bond acceptors (Lipinski definition) is 1. The van der Waals surface area contributed by atoms with Crippen LogP contribution in [0.1, 0.15) is 31.1 Å². The summed E-state index contributed by atoms with van der Waals surface area (Å²) in [4.78, 5) is 1.32. The van der Waals surface area contributed by atoms with E-state index in [-0.39, 0.29) is 0 Å². The Morgan fingerprint density at radius 3 is 2.80 bits per heavy atom. The molecule has 0 spiro atoms. The van der Waals surface area contributed by atoms with E-state index in [1.54, 1.807) is 11.3 Å². The van der Waals surface area contributed by atoms with Gasteiger partial charge in [-0.3, -0.25) is 0 Å². The molecule has 56 valence electrons. The molecular formula is C8H11ClS. The first-order chi connectivity index (χ1) is 4.75. The zero-order chi connectivity index (χ0) is 7.56. The molecule has 0 N–H and O–H groups in total. The molecule has 2 heteroatoms. The van der Waals surface area contributed by atoms with Crippen molar-refractivity contribution in [3.8, 4) is 0 Å². The van der Waals surface area contributed by atoms with Gasteiger partial charge in [-0.25, -0.2) is 0 Å². The molecule has 1 rings (SSSR count). The molecule has 0 fully saturated rings. The first kappa shape index (κ1) is 8.09. The zero-order valence-electron chi connectivity index (χ0n) is 6.23. The van der Waals surface area contributed by atoms with E-state index in [9.17, 15) is 0 Å². The van der Waals surface area contributed by atoms with E-state index in [0.29, 0.717) is 5.92 Å². The highest BCUT2D eigenvalue weighted by Crippen LogP contribution is 2.31. The lowest BCUT2D eigenvalue weighted by Gasteiger charge is -2.04. The minimum absolute atomic E-state index is 0.618. The van der Waals surface area contributed by atoms with Crippen LogP contribution in [0.3, 0.4) is 0 Å². The maximum absolute atomic E-state index is 5.92. The van der Waals surface area contributed by atoms with E-state index in [1.165, 1.54) is 11.3 Å². The number of rotatable bonds is 2. The van der Waals surface area contributed by atoms with Gasteiger partial charge in [0, 0.05) is 4.88 Å². The highest BCUT2D eigenvalue weighted by atomic mass is 35.5. The molecule has 1 aromatic heterocycles. The molecule has 0 amide bonds. The summed E-state index contributed by atoms with van der Waals surface area (Å²) in [5, 5.41) is 2.98. The van der Waals surface area contributed by atoms with Crippen LogP contribution in [0.5, 0.6) is 0 Å². The van der Waals surface area contributed by atoms with Gasteiger partial charge in [0.25, 0.3) is 0 Å². The summed E-state index contributed by atoms with van der Waals surface area (Å²) in [6.45, 7) is 4.39. The molecule has 1 unspecified atom stereocenters. The van der Waals surface area contributed by atoms with Crippen molar-refractivity contribution >= 4 is 22.9 Å². The van der Waals surface area contributed by atoms with Gasteiger partial charge in [-0.05, 0) is 23.8 Å². The average Bonchev–Trinajstić information content (AvgIpc) is 2.34. The molecule has 1 heterocycles. The van der Waals surface area contributed by atoms with Crippen LogP contribution in [0.15, 0.2) is 11.4 Å². The predicted molar refractivity (Wildman–Crippen MR) is 48.0 cm³/mol. The van der Waals surface area contributed by atoms with Crippen LogP contribution >= 0.6 is 22.9 Å². The maximum atomic E-state index is 5.92. The Labute approximate surface area is 70.8 Å². The van der Waals surface area contributed by atoms with Gasteiger partial charge in [-0.15, -0.1) is 11.3 Å². The Morgan fingerprint density at radius 1 is 1.70 bits per heavy atom. The molecular weight excluding hydrogens is 164 g/mol. The SMILES string of the molecule is CCC(C)c1sccc1Cl. The summed E-state index contributed by atoms with van der Waals surface area (Å²) in [6.07, 6.45) is 1.17. The fourth-order valence-corrected chi connectivity index (χ4v) is 2.23. The number of hydrogen-bond donors (Lipinski definition) is 0. The smallest absolute Gasteiger partial charge is 0.0547 e. The molecule has 0 saturated carbocycles. The Bertz CT molecular complexity index is 205. The lowest BCUT2D eigenvalue weighted by Crippen LogP contribution is -1.86. The standard InChI is InChI=1S/C8H11ClS/c1-3-6(2)8-7(9)4-5-10-8/h4-6H,3H2,1-2H3. The highest BCUT2D eigenvalue weighted by Gasteiger charge is 2.07.